The summed E-state index contributed by atoms with van der Waals surface area (Å²) in [5.74, 6) is -3.95. The van der Waals surface area contributed by atoms with E-state index in [0.29, 0.717) is 18.4 Å². The van der Waals surface area contributed by atoms with E-state index in [4.69, 9.17) is 9.15 Å². The summed E-state index contributed by atoms with van der Waals surface area (Å²) in [6.07, 6.45) is -0.0880. The van der Waals surface area contributed by atoms with Gasteiger partial charge in [0.1, 0.15) is 17.9 Å². The average Bonchev–Trinajstić information content (AvgIpc) is 2.81. The topological polar surface area (TPSA) is 109 Å². The van der Waals surface area contributed by atoms with Gasteiger partial charge in [0.25, 0.3) is 0 Å². The van der Waals surface area contributed by atoms with Gasteiger partial charge in [0.2, 0.25) is 0 Å². The molecular formula is C25H19F2NO6. The Morgan fingerprint density at radius 3 is 2.41 bits per heavy atom. The van der Waals surface area contributed by atoms with Crippen LogP contribution in [-0.2, 0) is 17.8 Å². The minimum Gasteiger partial charge on any atom is -0.507 e. The van der Waals surface area contributed by atoms with Crippen LogP contribution in [0.25, 0.3) is 22.1 Å². The zero-order valence-corrected chi connectivity index (χ0v) is 17.7. The van der Waals surface area contributed by atoms with E-state index in [-0.39, 0.29) is 28.9 Å². The maximum absolute atomic E-state index is 13.8. The highest BCUT2D eigenvalue weighted by Gasteiger charge is 2.17. The number of nitrogens with one attached hydrogen (secondary N) is 1. The normalized spacial score (nSPS) is 10.9. The number of amides is 1. The van der Waals surface area contributed by atoms with E-state index in [1.165, 1.54) is 6.07 Å². The third-order valence-electron chi connectivity index (χ3n) is 5.16. The zero-order chi connectivity index (χ0) is 24.2. The van der Waals surface area contributed by atoms with Crippen LogP contribution < -0.4 is 10.9 Å². The monoisotopic (exact) mass is 467 g/mol. The van der Waals surface area contributed by atoms with Crippen molar-refractivity contribution in [3.8, 4) is 22.6 Å². The molecule has 0 aliphatic heterocycles. The molecule has 0 saturated carbocycles. The molecule has 7 nitrogen and oxygen atoms in total. The number of halogens is 2. The van der Waals surface area contributed by atoms with Gasteiger partial charge in [0, 0.05) is 35.2 Å². The quantitative estimate of drug-likeness (QED) is 0.357. The highest BCUT2D eigenvalue weighted by atomic mass is 19.1. The van der Waals surface area contributed by atoms with Crippen LogP contribution in [0.2, 0.25) is 0 Å². The molecule has 1 aromatic heterocycles. The van der Waals surface area contributed by atoms with Crippen LogP contribution >= 0.6 is 0 Å². The Labute approximate surface area is 191 Å². The number of hydrogen-bond donors (Lipinski definition) is 3. The minimum absolute atomic E-state index is 0.00319. The van der Waals surface area contributed by atoms with Crippen molar-refractivity contribution >= 4 is 17.1 Å². The van der Waals surface area contributed by atoms with Crippen LogP contribution in [0.1, 0.15) is 11.1 Å². The molecule has 34 heavy (non-hydrogen) atoms. The van der Waals surface area contributed by atoms with Crippen molar-refractivity contribution < 1.29 is 32.9 Å². The van der Waals surface area contributed by atoms with E-state index in [1.807, 2.05) is 30.3 Å². The fraction of sp³-hybridized carbons (Fsp3) is 0.120. The highest BCUT2D eigenvalue weighted by molar-refractivity contribution is 5.89. The summed E-state index contributed by atoms with van der Waals surface area (Å²) in [5, 5.41) is 22.6. The zero-order valence-electron chi connectivity index (χ0n) is 17.7. The Morgan fingerprint density at radius 2 is 1.71 bits per heavy atom. The molecule has 0 saturated heterocycles. The summed E-state index contributed by atoms with van der Waals surface area (Å²) >= 11 is 0. The second-order valence-corrected chi connectivity index (χ2v) is 7.48. The molecule has 9 heteroatoms. The molecule has 1 heterocycles. The Bertz CT molecular complexity index is 1400. The van der Waals surface area contributed by atoms with E-state index >= 15 is 0 Å². The molecule has 0 bridgehead atoms. The number of phenolic OH excluding ortho intramolecular Hbond substituents is 2. The standard InChI is InChI=1S/C25H19F2NO6/c26-19-8-15(9-20(27)24(19)31)17-11-18-16(10-23(30)34-22(18)12-21(17)29)13-33-25(32)28-7-6-14-4-2-1-3-5-14/h1-5,8-12,29,31H,6-7,13H2,(H,28,32). The first-order valence-electron chi connectivity index (χ1n) is 10.2. The molecule has 0 fully saturated rings. The van der Waals surface area contributed by atoms with Gasteiger partial charge in [-0.15, -0.1) is 0 Å². The van der Waals surface area contributed by atoms with Crippen LogP contribution in [0.3, 0.4) is 0 Å². The second kappa shape index (κ2) is 9.62. The Kier molecular flexibility index (Phi) is 6.44. The SMILES string of the molecule is O=C(NCCc1ccccc1)OCc1cc(=O)oc2cc(O)c(-c3cc(F)c(O)c(F)c3)cc12. The van der Waals surface area contributed by atoms with E-state index < -0.39 is 34.9 Å². The lowest BCUT2D eigenvalue weighted by Gasteiger charge is -2.11. The Morgan fingerprint density at radius 1 is 1.00 bits per heavy atom. The molecule has 0 atom stereocenters. The summed E-state index contributed by atoms with van der Waals surface area (Å²) in [7, 11) is 0. The molecule has 0 radical (unpaired) electrons. The molecule has 4 rings (SSSR count). The van der Waals surface area contributed by atoms with Crippen molar-refractivity contribution in [2.75, 3.05) is 6.54 Å². The van der Waals surface area contributed by atoms with Crippen LogP contribution in [0, 0.1) is 11.6 Å². The van der Waals surface area contributed by atoms with Crippen molar-refractivity contribution in [1.29, 1.82) is 0 Å². The fourth-order valence-electron chi connectivity index (χ4n) is 3.48. The number of carbonyl (C=O) groups excluding carboxylic acids is 1. The van der Waals surface area contributed by atoms with Gasteiger partial charge in [0.15, 0.2) is 17.4 Å². The van der Waals surface area contributed by atoms with Crippen LogP contribution in [0.5, 0.6) is 11.5 Å². The average molecular weight is 467 g/mol. The van der Waals surface area contributed by atoms with Crippen LogP contribution in [-0.4, -0.2) is 22.9 Å². The first-order valence-corrected chi connectivity index (χ1v) is 10.2. The van der Waals surface area contributed by atoms with Crippen molar-refractivity contribution in [3.63, 3.8) is 0 Å². The summed E-state index contributed by atoms with van der Waals surface area (Å²) in [6.45, 7) is 0.0539. The van der Waals surface area contributed by atoms with E-state index in [9.17, 15) is 28.6 Å². The molecule has 3 aromatic carbocycles. The van der Waals surface area contributed by atoms with Gasteiger partial charge in [-0.1, -0.05) is 30.3 Å². The highest BCUT2D eigenvalue weighted by Crippen LogP contribution is 2.36. The van der Waals surface area contributed by atoms with Gasteiger partial charge >= 0.3 is 11.7 Å². The number of aromatic hydroxyl groups is 2. The number of fused-ring (bicyclic) bond motifs is 1. The van der Waals surface area contributed by atoms with Crippen molar-refractivity contribution in [1.82, 2.24) is 5.32 Å². The van der Waals surface area contributed by atoms with E-state index in [0.717, 1.165) is 29.8 Å². The molecule has 1 amide bonds. The summed E-state index contributed by atoms with van der Waals surface area (Å²) < 4.78 is 38.0. The molecule has 4 aromatic rings. The van der Waals surface area contributed by atoms with Crippen molar-refractivity contribution in [2.45, 2.75) is 13.0 Å². The summed E-state index contributed by atoms with van der Waals surface area (Å²) in [6, 6.07) is 14.9. The van der Waals surface area contributed by atoms with Crippen molar-refractivity contribution in [3.05, 3.63) is 93.8 Å². The smallest absolute Gasteiger partial charge is 0.407 e. The van der Waals surface area contributed by atoms with Crippen LogP contribution in [0.4, 0.5) is 13.6 Å². The Hall–Kier alpha value is -4.40. The molecule has 0 aliphatic carbocycles. The van der Waals surface area contributed by atoms with E-state index in [2.05, 4.69) is 5.32 Å². The lowest BCUT2D eigenvalue weighted by atomic mass is 10.00. The lowest BCUT2D eigenvalue weighted by molar-refractivity contribution is 0.140. The molecule has 0 unspecified atom stereocenters. The largest absolute Gasteiger partial charge is 0.507 e. The predicted octanol–water partition coefficient (Wildman–Crippen LogP) is 4.62. The molecule has 3 N–H and O–H groups in total. The number of hydrogen-bond acceptors (Lipinski definition) is 6. The third kappa shape index (κ3) is 4.98. The second-order valence-electron chi connectivity index (χ2n) is 7.48. The first-order chi connectivity index (χ1) is 16.3. The minimum atomic E-state index is -1.20. The number of rotatable bonds is 6. The van der Waals surface area contributed by atoms with Gasteiger partial charge in [-0.2, -0.15) is 0 Å². The molecular weight excluding hydrogens is 448 g/mol. The maximum Gasteiger partial charge on any atom is 0.407 e. The molecule has 0 aliphatic rings. The summed E-state index contributed by atoms with van der Waals surface area (Å²) in [5.41, 5.74) is 0.548. The van der Waals surface area contributed by atoms with Gasteiger partial charge in [-0.05, 0) is 35.7 Å². The number of phenols is 2. The van der Waals surface area contributed by atoms with Gasteiger partial charge in [0.05, 0.1) is 0 Å². The van der Waals surface area contributed by atoms with Gasteiger partial charge < -0.3 is 24.7 Å². The Balaban J connectivity index is 1.56. The lowest BCUT2D eigenvalue weighted by Crippen LogP contribution is -2.26. The van der Waals surface area contributed by atoms with Gasteiger partial charge in [-0.25, -0.2) is 18.4 Å². The summed E-state index contributed by atoms with van der Waals surface area (Å²) in [4.78, 5) is 24.0. The maximum atomic E-state index is 13.8. The number of alkyl carbamates (subject to hydrolysis) is 1. The fourth-order valence-corrected chi connectivity index (χ4v) is 3.48. The third-order valence-corrected chi connectivity index (χ3v) is 5.16. The first kappa shape index (κ1) is 22.8. The molecule has 0 spiro atoms. The van der Waals surface area contributed by atoms with E-state index in [1.54, 1.807) is 0 Å². The number of benzene rings is 3. The van der Waals surface area contributed by atoms with Crippen molar-refractivity contribution in [2.24, 2.45) is 0 Å². The number of carbonyl (C=O) groups is 1. The predicted molar refractivity (Wildman–Crippen MR) is 119 cm³/mol. The number of ether oxygens (including phenoxy) is 1. The molecule has 174 valence electrons. The van der Waals surface area contributed by atoms with Gasteiger partial charge in [-0.3, -0.25) is 0 Å². The van der Waals surface area contributed by atoms with Crippen LogP contribution in [0.15, 0.2) is 69.9 Å².